The molecule has 1 saturated carbocycles. The number of piperazine rings is 1. The minimum atomic E-state index is 0.543. The molecule has 1 aromatic carbocycles. The first kappa shape index (κ1) is 17.3. The predicted molar refractivity (Wildman–Crippen MR) is 106 cm³/mol. The van der Waals surface area contributed by atoms with Crippen LogP contribution in [0.4, 0.5) is 11.8 Å². The van der Waals surface area contributed by atoms with Crippen molar-refractivity contribution in [1.82, 2.24) is 14.9 Å². The van der Waals surface area contributed by atoms with Crippen LogP contribution in [0.3, 0.4) is 0 Å². The molecule has 1 aliphatic carbocycles. The molecule has 0 amide bonds. The van der Waals surface area contributed by atoms with Gasteiger partial charge in [-0.2, -0.15) is 4.98 Å². The highest BCUT2D eigenvalue weighted by molar-refractivity contribution is 5.43. The van der Waals surface area contributed by atoms with E-state index in [0.29, 0.717) is 6.04 Å². The number of hydrogen-bond acceptors (Lipinski definition) is 5. The largest absolute Gasteiger partial charge is 0.354 e. The molecule has 138 valence electrons. The second-order valence-electron chi connectivity index (χ2n) is 7.47. The fraction of sp³-hybridized carbons (Fsp3) is 0.524. The molecule has 2 heterocycles. The van der Waals surface area contributed by atoms with Gasteiger partial charge >= 0.3 is 0 Å². The Morgan fingerprint density at radius 3 is 2.46 bits per heavy atom. The lowest BCUT2D eigenvalue weighted by Crippen LogP contribution is -2.46. The summed E-state index contributed by atoms with van der Waals surface area (Å²) in [5, 5.41) is 3.54. The van der Waals surface area contributed by atoms with Crippen molar-refractivity contribution in [2.45, 2.75) is 44.7 Å². The fourth-order valence-corrected chi connectivity index (χ4v) is 4.00. The van der Waals surface area contributed by atoms with Crippen molar-refractivity contribution in [3.05, 3.63) is 48.2 Å². The van der Waals surface area contributed by atoms with Gasteiger partial charge in [-0.3, -0.25) is 4.90 Å². The van der Waals surface area contributed by atoms with Crippen molar-refractivity contribution in [3.63, 3.8) is 0 Å². The van der Waals surface area contributed by atoms with Crippen LogP contribution >= 0.6 is 0 Å². The van der Waals surface area contributed by atoms with E-state index < -0.39 is 0 Å². The summed E-state index contributed by atoms with van der Waals surface area (Å²) in [5.41, 5.74) is 1.39. The van der Waals surface area contributed by atoms with E-state index in [1.54, 1.807) is 0 Å². The van der Waals surface area contributed by atoms with Gasteiger partial charge < -0.3 is 10.2 Å². The van der Waals surface area contributed by atoms with Gasteiger partial charge in [-0.05, 0) is 24.5 Å². The molecule has 1 N–H and O–H groups in total. The third kappa shape index (κ3) is 4.52. The van der Waals surface area contributed by atoms with Crippen molar-refractivity contribution in [3.8, 4) is 0 Å². The summed E-state index contributed by atoms with van der Waals surface area (Å²) in [4.78, 5) is 14.1. The van der Waals surface area contributed by atoms with Crippen molar-refractivity contribution in [2.75, 3.05) is 36.4 Å². The van der Waals surface area contributed by atoms with Gasteiger partial charge in [0.15, 0.2) is 0 Å². The zero-order valence-corrected chi connectivity index (χ0v) is 15.5. The molecule has 4 rings (SSSR count). The minimum Gasteiger partial charge on any atom is -0.354 e. The van der Waals surface area contributed by atoms with Gasteiger partial charge in [0.2, 0.25) is 5.95 Å². The first-order valence-corrected chi connectivity index (χ1v) is 9.98. The van der Waals surface area contributed by atoms with Gasteiger partial charge in [0.05, 0.1) is 0 Å². The highest BCUT2D eigenvalue weighted by Crippen LogP contribution is 2.21. The molecular formula is C21H29N5. The Balaban J connectivity index is 1.31. The maximum atomic E-state index is 4.78. The quantitative estimate of drug-likeness (QED) is 0.892. The number of benzene rings is 1. The summed E-state index contributed by atoms with van der Waals surface area (Å²) < 4.78 is 0. The molecule has 0 radical (unpaired) electrons. The van der Waals surface area contributed by atoms with E-state index in [4.69, 9.17) is 4.98 Å². The summed E-state index contributed by atoms with van der Waals surface area (Å²) in [5.74, 6) is 1.85. The number of nitrogens with one attached hydrogen (secondary N) is 1. The average molecular weight is 351 g/mol. The second-order valence-corrected chi connectivity index (χ2v) is 7.47. The zero-order chi connectivity index (χ0) is 17.6. The van der Waals surface area contributed by atoms with E-state index in [9.17, 15) is 0 Å². The molecular weight excluding hydrogens is 322 g/mol. The second kappa shape index (κ2) is 8.49. The van der Waals surface area contributed by atoms with Crippen molar-refractivity contribution >= 4 is 11.8 Å². The Labute approximate surface area is 156 Å². The van der Waals surface area contributed by atoms with E-state index in [0.717, 1.165) is 44.5 Å². The summed E-state index contributed by atoms with van der Waals surface area (Å²) in [6, 6.07) is 13.3. The highest BCUT2D eigenvalue weighted by Gasteiger charge is 2.19. The molecule has 2 aliphatic rings. The number of rotatable bonds is 5. The third-order valence-electron chi connectivity index (χ3n) is 5.52. The lowest BCUT2D eigenvalue weighted by molar-refractivity contribution is 0.249. The Kier molecular flexibility index (Phi) is 5.65. The molecule has 0 spiro atoms. The van der Waals surface area contributed by atoms with Crippen LogP contribution < -0.4 is 10.2 Å². The van der Waals surface area contributed by atoms with Crippen LogP contribution in [0.5, 0.6) is 0 Å². The standard InChI is InChI=1S/C21H29N5/c1-3-7-18(8-4-1)17-25-13-15-26(16-14-25)20-11-12-22-21(24-20)23-19-9-5-2-6-10-19/h1,3-4,7-8,11-12,19H,2,5-6,9-10,13-17H2,(H,22,23,24). The smallest absolute Gasteiger partial charge is 0.224 e. The van der Waals surface area contributed by atoms with Crippen molar-refractivity contribution < 1.29 is 0 Å². The van der Waals surface area contributed by atoms with Gasteiger partial charge in [0.25, 0.3) is 0 Å². The Bertz CT molecular complexity index is 676. The summed E-state index contributed by atoms with van der Waals surface area (Å²) in [6.07, 6.45) is 8.38. The van der Waals surface area contributed by atoms with Gasteiger partial charge in [-0.25, -0.2) is 4.98 Å². The van der Waals surface area contributed by atoms with Crippen LogP contribution in [0, 0.1) is 0 Å². The molecule has 5 heteroatoms. The van der Waals surface area contributed by atoms with Crippen molar-refractivity contribution in [2.24, 2.45) is 0 Å². The number of aromatic nitrogens is 2. The first-order chi connectivity index (χ1) is 12.9. The van der Waals surface area contributed by atoms with Gasteiger partial charge in [0, 0.05) is 45.0 Å². The monoisotopic (exact) mass is 351 g/mol. The lowest BCUT2D eigenvalue weighted by atomic mass is 9.96. The van der Waals surface area contributed by atoms with E-state index in [1.807, 2.05) is 12.3 Å². The van der Waals surface area contributed by atoms with Crippen LogP contribution in [0.1, 0.15) is 37.7 Å². The predicted octanol–water partition coefficient (Wildman–Crippen LogP) is 3.54. The third-order valence-corrected chi connectivity index (χ3v) is 5.52. The molecule has 2 aromatic rings. The van der Waals surface area contributed by atoms with E-state index in [1.165, 1.54) is 37.7 Å². The summed E-state index contributed by atoms with van der Waals surface area (Å²) in [6.45, 7) is 5.22. The number of nitrogens with zero attached hydrogens (tertiary/aromatic N) is 4. The molecule has 0 atom stereocenters. The van der Waals surface area contributed by atoms with Gasteiger partial charge in [-0.1, -0.05) is 49.6 Å². The highest BCUT2D eigenvalue weighted by atomic mass is 15.3. The first-order valence-electron chi connectivity index (χ1n) is 9.98. The molecule has 26 heavy (non-hydrogen) atoms. The fourth-order valence-electron chi connectivity index (χ4n) is 4.00. The van der Waals surface area contributed by atoms with E-state index in [2.05, 4.69) is 50.4 Å². The summed E-state index contributed by atoms with van der Waals surface area (Å²) >= 11 is 0. The summed E-state index contributed by atoms with van der Waals surface area (Å²) in [7, 11) is 0. The minimum absolute atomic E-state index is 0.543. The number of anilines is 2. The van der Waals surface area contributed by atoms with E-state index >= 15 is 0 Å². The Morgan fingerprint density at radius 1 is 0.923 bits per heavy atom. The average Bonchev–Trinajstić information content (AvgIpc) is 2.70. The van der Waals surface area contributed by atoms with Crippen LogP contribution in [0.25, 0.3) is 0 Å². The molecule has 1 aromatic heterocycles. The van der Waals surface area contributed by atoms with Gasteiger partial charge in [0.1, 0.15) is 5.82 Å². The number of hydrogen-bond donors (Lipinski definition) is 1. The maximum absolute atomic E-state index is 4.78. The van der Waals surface area contributed by atoms with Crippen molar-refractivity contribution in [1.29, 1.82) is 0 Å². The zero-order valence-electron chi connectivity index (χ0n) is 15.5. The molecule has 0 bridgehead atoms. The van der Waals surface area contributed by atoms with E-state index in [-0.39, 0.29) is 0 Å². The van der Waals surface area contributed by atoms with Crippen LogP contribution in [0.2, 0.25) is 0 Å². The Morgan fingerprint density at radius 2 is 1.69 bits per heavy atom. The van der Waals surface area contributed by atoms with Crippen LogP contribution in [-0.2, 0) is 6.54 Å². The lowest BCUT2D eigenvalue weighted by Gasteiger charge is -2.35. The Hall–Kier alpha value is -2.14. The molecule has 5 nitrogen and oxygen atoms in total. The molecule has 0 unspecified atom stereocenters. The molecule has 2 fully saturated rings. The molecule has 1 saturated heterocycles. The normalized spacial score (nSPS) is 19.5. The van der Waals surface area contributed by atoms with Crippen LogP contribution in [-0.4, -0.2) is 47.1 Å². The maximum Gasteiger partial charge on any atom is 0.224 e. The van der Waals surface area contributed by atoms with Gasteiger partial charge in [-0.15, -0.1) is 0 Å². The van der Waals surface area contributed by atoms with Crippen LogP contribution in [0.15, 0.2) is 42.6 Å². The SMILES string of the molecule is c1ccc(CN2CCN(c3ccnc(NC4CCCCC4)n3)CC2)cc1. The molecule has 1 aliphatic heterocycles. The topological polar surface area (TPSA) is 44.3 Å².